The van der Waals surface area contributed by atoms with Gasteiger partial charge in [-0.2, -0.15) is 0 Å². The number of hydrogen-bond acceptors (Lipinski definition) is 5. The number of hydrogen-bond donors (Lipinski definition) is 2. The molecule has 2 aliphatic rings. The van der Waals surface area contributed by atoms with Crippen molar-refractivity contribution < 1.29 is 9.18 Å². The van der Waals surface area contributed by atoms with Gasteiger partial charge in [-0.25, -0.2) is 9.37 Å². The summed E-state index contributed by atoms with van der Waals surface area (Å²) in [5.41, 5.74) is 5.88. The zero-order valence-electron chi connectivity index (χ0n) is 13.6. The number of carbonyl (C=O) groups excluding carboxylic acids is 1. The SMILES string of the molecule is CC1(C2C=CC(F)=C(NC(=O)c3ccc(Cl)cn3)C2)CCSC(N)=N1. The van der Waals surface area contributed by atoms with Crippen molar-refractivity contribution in [1.82, 2.24) is 10.3 Å². The fourth-order valence-electron chi connectivity index (χ4n) is 2.91. The van der Waals surface area contributed by atoms with Crippen LogP contribution in [0.15, 0.2) is 47.0 Å². The Morgan fingerprint density at radius 1 is 1.52 bits per heavy atom. The molecule has 2 heterocycles. The highest BCUT2D eigenvalue weighted by Crippen LogP contribution is 2.38. The van der Waals surface area contributed by atoms with Gasteiger partial charge in [-0.05, 0) is 38.0 Å². The number of aliphatic imine (C=N–C) groups is 1. The molecule has 5 nitrogen and oxygen atoms in total. The molecule has 3 N–H and O–H groups in total. The molecule has 2 atom stereocenters. The second kappa shape index (κ2) is 7.17. The third-order valence-corrected chi connectivity index (χ3v) is 5.45. The van der Waals surface area contributed by atoms with Crippen molar-refractivity contribution in [3.8, 4) is 0 Å². The second-order valence-electron chi connectivity index (χ2n) is 6.22. The first-order valence-electron chi connectivity index (χ1n) is 7.85. The van der Waals surface area contributed by atoms with Crippen LogP contribution in [0.3, 0.4) is 0 Å². The van der Waals surface area contributed by atoms with E-state index in [-0.39, 0.29) is 17.3 Å². The summed E-state index contributed by atoms with van der Waals surface area (Å²) < 4.78 is 14.2. The van der Waals surface area contributed by atoms with E-state index < -0.39 is 17.3 Å². The quantitative estimate of drug-likeness (QED) is 0.841. The number of nitrogens with two attached hydrogens (primary N) is 1. The summed E-state index contributed by atoms with van der Waals surface area (Å²) in [7, 11) is 0. The molecule has 0 bridgehead atoms. The summed E-state index contributed by atoms with van der Waals surface area (Å²) in [5.74, 6) is -0.0915. The topological polar surface area (TPSA) is 80.4 Å². The summed E-state index contributed by atoms with van der Waals surface area (Å²) in [5, 5.41) is 3.61. The summed E-state index contributed by atoms with van der Waals surface area (Å²) in [4.78, 5) is 20.8. The number of allylic oxidation sites excluding steroid dienone is 3. The number of nitrogens with one attached hydrogen (secondary N) is 1. The number of thioether (sulfide) groups is 1. The van der Waals surface area contributed by atoms with Crippen LogP contribution >= 0.6 is 23.4 Å². The molecule has 25 heavy (non-hydrogen) atoms. The predicted octanol–water partition coefficient (Wildman–Crippen LogP) is 3.43. The van der Waals surface area contributed by atoms with Crippen molar-refractivity contribution in [2.45, 2.75) is 25.3 Å². The molecule has 0 saturated carbocycles. The van der Waals surface area contributed by atoms with Crippen molar-refractivity contribution in [3.05, 3.63) is 52.7 Å². The lowest BCUT2D eigenvalue weighted by Crippen LogP contribution is -2.40. The highest BCUT2D eigenvalue weighted by atomic mass is 35.5. The minimum Gasteiger partial charge on any atom is -0.379 e. The molecule has 1 amide bonds. The normalized spacial score (nSPS) is 26.4. The Balaban J connectivity index is 1.75. The molecule has 1 aliphatic carbocycles. The van der Waals surface area contributed by atoms with Gasteiger partial charge >= 0.3 is 0 Å². The zero-order chi connectivity index (χ0) is 18.0. The lowest BCUT2D eigenvalue weighted by molar-refractivity contribution is 0.0956. The van der Waals surface area contributed by atoms with Crippen LogP contribution in [-0.2, 0) is 0 Å². The molecule has 8 heteroatoms. The average Bonchev–Trinajstić information content (AvgIpc) is 2.57. The highest BCUT2D eigenvalue weighted by Gasteiger charge is 2.37. The third-order valence-electron chi connectivity index (χ3n) is 4.43. The molecular formula is C17H18ClFN4OS. The minimum absolute atomic E-state index is 0.0417. The number of carbonyl (C=O) groups is 1. The zero-order valence-corrected chi connectivity index (χ0v) is 15.2. The van der Waals surface area contributed by atoms with E-state index in [0.717, 1.165) is 12.2 Å². The fraction of sp³-hybridized carbons (Fsp3) is 0.353. The van der Waals surface area contributed by atoms with Gasteiger partial charge in [0.05, 0.1) is 16.3 Å². The van der Waals surface area contributed by atoms with Gasteiger partial charge in [-0.1, -0.05) is 29.4 Å². The van der Waals surface area contributed by atoms with Crippen LogP contribution in [0.1, 0.15) is 30.3 Å². The molecule has 0 saturated heterocycles. The molecule has 1 aliphatic heterocycles. The van der Waals surface area contributed by atoms with Crippen molar-refractivity contribution >= 4 is 34.4 Å². The summed E-state index contributed by atoms with van der Waals surface area (Å²) in [6.07, 6.45) is 5.76. The first kappa shape index (κ1) is 17.9. The number of halogens is 2. The summed E-state index contributed by atoms with van der Waals surface area (Å²) in [6.45, 7) is 2.01. The van der Waals surface area contributed by atoms with E-state index in [0.29, 0.717) is 16.6 Å². The Hall–Kier alpha value is -1.86. The highest BCUT2D eigenvalue weighted by molar-refractivity contribution is 8.13. The van der Waals surface area contributed by atoms with Crippen LogP contribution in [0, 0.1) is 5.92 Å². The predicted molar refractivity (Wildman–Crippen MR) is 99.2 cm³/mol. The van der Waals surface area contributed by atoms with Crippen LogP contribution < -0.4 is 11.1 Å². The molecule has 1 aromatic rings. The van der Waals surface area contributed by atoms with E-state index >= 15 is 0 Å². The van der Waals surface area contributed by atoms with Crippen LogP contribution in [-0.4, -0.2) is 27.4 Å². The van der Waals surface area contributed by atoms with Gasteiger partial charge in [0.2, 0.25) is 0 Å². The lowest BCUT2D eigenvalue weighted by atomic mass is 9.78. The van der Waals surface area contributed by atoms with Crippen LogP contribution in [0.4, 0.5) is 4.39 Å². The molecule has 1 aromatic heterocycles. The fourth-order valence-corrected chi connectivity index (χ4v) is 4.02. The number of amides is 1. The van der Waals surface area contributed by atoms with Crippen LogP contribution in [0.5, 0.6) is 0 Å². The van der Waals surface area contributed by atoms with Crippen molar-refractivity contribution in [2.75, 3.05) is 5.75 Å². The Labute approximate surface area is 154 Å². The van der Waals surface area contributed by atoms with E-state index in [2.05, 4.69) is 15.3 Å². The third kappa shape index (κ3) is 4.04. The van der Waals surface area contributed by atoms with E-state index in [1.54, 1.807) is 12.1 Å². The van der Waals surface area contributed by atoms with Crippen molar-refractivity contribution in [1.29, 1.82) is 0 Å². The first-order valence-corrected chi connectivity index (χ1v) is 9.21. The smallest absolute Gasteiger partial charge is 0.274 e. The van der Waals surface area contributed by atoms with Crippen molar-refractivity contribution in [3.63, 3.8) is 0 Å². The molecule has 2 unspecified atom stereocenters. The lowest BCUT2D eigenvalue weighted by Gasteiger charge is -2.37. The summed E-state index contributed by atoms with van der Waals surface area (Å²) >= 11 is 7.29. The van der Waals surface area contributed by atoms with Gasteiger partial charge in [0.15, 0.2) is 5.17 Å². The molecule has 0 spiro atoms. The van der Waals surface area contributed by atoms with Crippen molar-refractivity contribution in [2.24, 2.45) is 16.6 Å². The Kier molecular flexibility index (Phi) is 5.15. The second-order valence-corrected chi connectivity index (χ2v) is 7.77. The van der Waals surface area contributed by atoms with Crippen LogP contribution in [0.2, 0.25) is 5.02 Å². The molecule has 0 aromatic carbocycles. The number of pyridine rings is 1. The number of aromatic nitrogens is 1. The standard InChI is InChI=1S/C17H18ClFN4OS/c1-17(6-7-25-16(20)23-17)10-2-4-12(19)14(8-10)22-15(24)13-5-3-11(18)9-21-13/h2-5,9-10H,6-8H2,1H3,(H2,20,23)(H,22,24). The molecule has 0 fully saturated rings. The number of rotatable bonds is 3. The van der Waals surface area contributed by atoms with E-state index in [1.807, 2.05) is 6.92 Å². The largest absolute Gasteiger partial charge is 0.379 e. The number of nitrogens with zero attached hydrogens (tertiary/aromatic N) is 2. The summed E-state index contributed by atoms with van der Waals surface area (Å²) in [6, 6.07) is 3.06. The first-order chi connectivity index (χ1) is 11.9. The van der Waals surface area contributed by atoms with E-state index in [4.69, 9.17) is 17.3 Å². The average molecular weight is 381 g/mol. The van der Waals surface area contributed by atoms with Gasteiger partial charge in [0, 0.05) is 17.9 Å². The van der Waals surface area contributed by atoms with E-state index in [9.17, 15) is 9.18 Å². The van der Waals surface area contributed by atoms with Gasteiger partial charge in [0.1, 0.15) is 11.5 Å². The molecular weight excluding hydrogens is 363 g/mol. The maximum atomic E-state index is 14.2. The maximum absolute atomic E-state index is 14.2. The molecule has 132 valence electrons. The maximum Gasteiger partial charge on any atom is 0.274 e. The number of amidine groups is 1. The Morgan fingerprint density at radius 2 is 2.32 bits per heavy atom. The van der Waals surface area contributed by atoms with Gasteiger partial charge < -0.3 is 11.1 Å². The monoisotopic (exact) mass is 380 g/mol. The van der Waals surface area contributed by atoms with E-state index in [1.165, 1.54) is 30.1 Å². The minimum atomic E-state index is -0.469. The van der Waals surface area contributed by atoms with Crippen LogP contribution in [0.25, 0.3) is 0 Å². The van der Waals surface area contributed by atoms with Gasteiger partial charge in [-0.3, -0.25) is 9.79 Å². The van der Waals surface area contributed by atoms with Gasteiger partial charge in [0.25, 0.3) is 5.91 Å². The molecule has 3 rings (SSSR count). The Morgan fingerprint density at radius 3 is 3.00 bits per heavy atom. The molecule has 0 radical (unpaired) electrons. The Bertz CT molecular complexity index is 777. The van der Waals surface area contributed by atoms with Gasteiger partial charge in [-0.15, -0.1) is 0 Å².